The Morgan fingerprint density at radius 1 is 0.486 bits per heavy atom. The van der Waals surface area contributed by atoms with E-state index in [1.54, 1.807) is 30.3 Å². The number of primary amides is 2. The summed E-state index contributed by atoms with van der Waals surface area (Å²) in [4.78, 5) is 124. The molecule has 0 spiro atoms. The summed E-state index contributed by atoms with van der Waals surface area (Å²) in [6.45, 7) is -5.04. The zero-order valence-corrected chi connectivity index (χ0v) is 59.7. The van der Waals surface area contributed by atoms with E-state index in [-0.39, 0.29) is 13.0 Å². The Hall–Kier alpha value is -7.16. The van der Waals surface area contributed by atoms with Crippen LogP contribution in [0.4, 0.5) is 0 Å². The lowest BCUT2D eigenvalue weighted by atomic mass is 10.0. The molecule has 7 heterocycles. The van der Waals surface area contributed by atoms with E-state index in [1.807, 2.05) is 0 Å². The fourth-order valence-electron chi connectivity index (χ4n) is 12.8. The van der Waals surface area contributed by atoms with Gasteiger partial charge in [-0.3, -0.25) is 43.2 Å². The number of carbonyl (C=O) groups excluding carboxylic acids is 9. The summed E-state index contributed by atoms with van der Waals surface area (Å²) in [5.41, 5.74) is 11.3. The summed E-state index contributed by atoms with van der Waals surface area (Å²) in [7, 11) is 0. The van der Waals surface area contributed by atoms with Gasteiger partial charge < -0.3 is 187 Å². The lowest BCUT2D eigenvalue weighted by Crippen LogP contribution is -2.61. The molecule has 7 fully saturated rings. The van der Waals surface area contributed by atoms with Crippen molar-refractivity contribution in [3.63, 3.8) is 0 Å². The highest BCUT2D eigenvalue weighted by Gasteiger charge is 2.57. The molecule has 9 amide bonds. The molecule has 7 aliphatic rings. The number of carbonyl (C=O) groups is 9. The van der Waals surface area contributed by atoms with Crippen LogP contribution in [0.15, 0.2) is 35.5 Å². The largest absolute Gasteiger partial charge is 0.394 e. The standard InChI is InChI=1S/C64H98N10O37/c1-24(53(93)70-28(14-38(65)81)55(95)72-30(17-76)57(97)73-29(16-75)56(96)71-27(13-26-7-4-3-5-8-26)54(94)69-25(2)58(98)74-10-6-9-31(74)52(66)92)68-39(82)15-67-102-12-11-99-59-45(88)42(85)36(107-59)22-100-60-48(91)49(109-64-51(44(87)35(21-80)106-64)111-62-47(90)41(84)33(19-78)104-62)37(108-60)23-101-63-50(43(86)34(20-79)105-63)110-61-46(89)40(83)32(18-77)103-61/h3-5,7-8,15,24-25,27-37,40-51,59-64,75-80,83-91H,6,9-14,16-23H2,1-2H3,(H2,65,81)(H2,66,92)(H,68,82)(H,69,94)(H,70,93)(H,71,96)(H,72,95)(H,73,97)/b67-15+/t24-,25-,27-,28-,29-,30-,31-,32+,33+,34+,35+,36+,37+,40+,41+,42+,43+,44+,45-,46-,47-,48-,49+,50-,51-,59-,60-,61-,62-,63-,64+/m0/s1. The highest BCUT2D eigenvalue weighted by molar-refractivity contribution is 6.26. The molecule has 0 unspecified atom stereocenters. The maximum atomic E-state index is 13.7. The maximum Gasteiger partial charge on any atom is 0.266 e. The Morgan fingerprint density at radius 2 is 0.937 bits per heavy atom. The number of likely N-dealkylation sites (tertiary alicyclic amines) is 1. The van der Waals surface area contributed by atoms with Crippen LogP contribution < -0.4 is 43.4 Å². The Kier molecular flexibility index (Phi) is 33.6. The van der Waals surface area contributed by atoms with E-state index in [0.717, 1.165) is 6.92 Å². The lowest BCUT2D eigenvalue weighted by Gasteiger charge is -2.30. The van der Waals surface area contributed by atoms with E-state index < -0.39 is 316 Å². The molecule has 0 radical (unpaired) electrons. The van der Waals surface area contributed by atoms with Gasteiger partial charge in [0, 0.05) is 13.0 Å². The van der Waals surface area contributed by atoms with Crippen molar-refractivity contribution in [2.45, 2.75) is 229 Å². The highest BCUT2D eigenvalue weighted by atomic mass is 16.8. The third kappa shape index (κ3) is 22.9. The summed E-state index contributed by atoms with van der Waals surface area (Å²) in [6.07, 6.45) is -39.1. The average Bonchev–Trinajstić information content (AvgIpc) is 1.64. The van der Waals surface area contributed by atoms with E-state index in [0.29, 0.717) is 24.6 Å². The van der Waals surface area contributed by atoms with Crippen LogP contribution in [0.5, 0.6) is 0 Å². The first-order valence-corrected chi connectivity index (χ1v) is 35.3. The molecule has 31 atom stereocenters. The molecular formula is C64H98N10O37. The number of nitrogens with two attached hydrogens (primary N) is 2. The van der Waals surface area contributed by atoms with Crippen LogP contribution in [0.25, 0.3) is 0 Å². The second-order valence-electron chi connectivity index (χ2n) is 26.8. The van der Waals surface area contributed by atoms with Crippen molar-refractivity contribution in [2.24, 2.45) is 16.6 Å². The third-order valence-corrected chi connectivity index (χ3v) is 18.9. The molecule has 0 aromatic heterocycles. The maximum absolute atomic E-state index is 13.7. The summed E-state index contributed by atoms with van der Waals surface area (Å²) < 4.78 is 68.8. The molecule has 0 aliphatic carbocycles. The second kappa shape index (κ2) is 41.7. The van der Waals surface area contributed by atoms with E-state index in [2.05, 4.69) is 37.1 Å². The summed E-state index contributed by atoms with van der Waals surface area (Å²) >= 11 is 0. The number of aliphatic hydroxyl groups is 15. The van der Waals surface area contributed by atoms with Gasteiger partial charge in [0.05, 0.1) is 65.9 Å². The third-order valence-electron chi connectivity index (χ3n) is 18.9. The molecule has 1 aromatic rings. The molecule has 7 aliphatic heterocycles. The van der Waals surface area contributed by atoms with Crippen molar-refractivity contribution in [1.29, 1.82) is 0 Å². The van der Waals surface area contributed by atoms with Crippen LogP contribution in [0.3, 0.4) is 0 Å². The number of ether oxygens (including phenoxy) is 12. The SMILES string of the molecule is C[C@H](NC(=O)/C=N/OCCO[C@H]1O[C@H](CO[C@H]2O[C@H](CO[C@H]3O[C@H](CO)[C@@H](O)[C@@H]3O[C@@H]3O[C@H](CO)[C@@H](O)[C@@H]3O)[C@@H](O[C@H]3O[C@H](CO)[C@@H](O)[C@@H]3O[C@@H]3O[C@H](CO)[C@@H](O)[C@@H]3O)[C@@H]2O)[C@@H](O)[C@@H]1O)C(=O)N[C@@H](CC(N)=O)C(=O)N[C@@H](CO)C(=O)N[C@@H](CO)C(=O)N[C@@H](Cc1ccccc1)C(=O)N[C@@H](C)C(=O)N1CCC[C@H]1C(N)=O. The number of benzene rings is 1. The van der Waals surface area contributed by atoms with Crippen molar-refractivity contribution < 1.29 is 181 Å². The fourth-order valence-corrected chi connectivity index (χ4v) is 12.8. The first-order valence-electron chi connectivity index (χ1n) is 35.3. The first-order chi connectivity index (χ1) is 52.9. The van der Waals surface area contributed by atoms with Crippen molar-refractivity contribution in [2.75, 3.05) is 72.6 Å². The van der Waals surface area contributed by atoms with Crippen molar-refractivity contribution in [3.05, 3.63) is 35.9 Å². The summed E-state index contributed by atoms with van der Waals surface area (Å²) in [6, 6.07) is -2.44. The number of hydrogen-bond acceptors (Lipinski definition) is 38. The van der Waals surface area contributed by atoms with Crippen LogP contribution in [-0.2, 0) is 111 Å². The van der Waals surface area contributed by atoms with Gasteiger partial charge in [-0.15, -0.1) is 0 Å². The Labute approximate surface area is 630 Å². The molecule has 7 saturated heterocycles. The van der Waals surface area contributed by atoms with Crippen LogP contribution in [-0.4, -0.2) is 403 Å². The normalized spacial score (nSPS) is 34.9. The van der Waals surface area contributed by atoms with Crippen LogP contribution in [0.1, 0.15) is 38.7 Å². The quantitative estimate of drug-likeness (QED) is 0.0164. The van der Waals surface area contributed by atoms with Crippen LogP contribution >= 0.6 is 0 Å². The number of nitrogens with one attached hydrogen (secondary N) is 6. The second-order valence-corrected chi connectivity index (χ2v) is 26.8. The lowest BCUT2D eigenvalue weighted by molar-refractivity contribution is -0.270. The zero-order chi connectivity index (χ0) is 81.2. The Balaban J connectivity index is 0.802. The number of nitrogens with zero attached hydrogens (tertiary/aromatic N) is 2. The molecule has 0 bridgehead atoms. The topological polar surface area (TPSA) is 717 Å². The predicted octanol–water partition coefficient (Wildman–Crippen LogP) is -15.7. The van der Waals surface area contributed by atoms with Gasteiger partial charge in [-0.1, -0.05) is 35.5 Å². The van der Waals surface area contributed by atoms with Gasteiger partial charge in [-0.2, -0.15) is 0 Å². The molecule has 1 aromatic carbocycles. The number of hydrogen-bond donors (Lipinski definition) is 23. The van der Waals surface area contributed by atoms with E-state index in [4.69, 9.17) is 73.1 Å². The van der Waals surface area contributed by atoms with Crippen LogP contribution in [0.2, 0.25) is 0 Å². The number of oxime groups is 1. The fraction of sp³-hybridized carbons (Fsp3) is 0.750. The molecule has 0 saturated carbocycles. The van der Waals surface area contributed by atoms with Gasteiger partial charge in [0.15, 0.2) is 37.7 Å². The van der Waals surface area contributed by atoms with Gasteiger partial charge in [0.1, 0.15) is 165 Å². The van der Waals surface area contributed by atoms with Crippen molar-refractivity contribution >= 4 is 59.4 Å². The minimum atomic E-state index is -1.93. The number of amides is 9. The van der Waals surface area contributed by atoms with Crippen molar-refractivity contribution in [3.8, 4) is 0 Å². The van der Waals surface area contributed by atoms with Gasteiger partial charge in [0.2, 0.25) is 47.3 Å². The Morgan fingerprint density at radius 3 is 1.49 bits per heavy atom. The van der Waals surface area contributed by atoms with Gasteiger partial charge in [0.25, 0.3) is 5.91 Å². The molecule has 111 heavy (non-hydrogen) atoms. The summed E-state index contributed by atoms with van der Waals surface area (Å²) in [5, 5.41) is 175. The first kappa shape index (κ1) is 89.4. The molecule has 47 nitrogen and oxygen atoms in total. The van der Waals surface area contributed by atoms with E-state index in [9.17, 15) is 120 Å². The van der Waals surface area contributed by atoms with E-state index in [1.165, 1.54) is 11.8 Å². The minimum Gasteiger partial charge on any atom is -0.394 e. The molecule has 25 N–H and O–H groups in total. The summed E-state index contributed by atoms with van der Waals surface area (Å²) in [5.74, 6) is -9.26. The smallest absolute Gasteiger partial charge is 0.266 e. The molecule has 626 valence electrons. The molecule has 8 rings (SSSR count). The predicted molar refractivity (Wildman–Crippen MR) is 356 cm³/mol. The van der Waals surface area contributed by atoms with E-state index >= 15 is 0 Å². The minimum absolute atomic E-state index is 0.165. The van der Waals surface area contributed by atoms with Gasteiger partial charge >= 0.3 is 0 Å². The van der Waals surface area contributed by atoms with Gasteiger partial charge in [-0.25, -0.2) is 0 Å². The van der Waals surface area contributed by atoms with Gasteiger partial charge in [-0.05, 0) is 32.3 Å². The highest BCUT2D eigenvalue weighted by Crippen LogP contribution is 2.37. The average molecular weight is 1600 g/mol. The molecule has 47 heteroatoms. The zero-order valence-electron chi connectivity index (χ0n) is 59.7. The van der Waals surface area contributed by atoms with Crippen molar-refractivity contribution in [1.82, 2.24) is 36.8 Å². The Bertz CT molecular complexity index is 3270. The molecular weight excluding hydrogens is 1500 g/mol. The monoisotopic (exact) mass is 1600 g/mol. The van der Waals surface area contributed by atoms with Crippen LogP contribution in [0, 0.1) is 0 Å². The number of rotatable bonds is 41. The number of aliphatic hydroxyl groups excluding tert-OH is 15.